The summed E-state index contributed by atoms with van der Waals surface area (Å²) in [6.07, 6.45) is 3.24. The van der Waals surface area contributed by atoms with E-state index in [0.29, 0.717) is 52.2 Å². The van der Waals surface area contributed by atoms with Crippen molar-refractivity contribution in [3.8, 4) is 0 Å². The van der Waals surface area contributed by atoms with Crippen LogP contribution in [0.1, 0.15) is 32.1 Å². The molecule has 0 spiro atoms. The van der Waals surface area contributed by atoms with Gasteiger partial charge in [-0.1, -0.05) is 0 Å². The fourth-order valence-electron chi connectivity index (χ4n) is 2.91. The summed E-state index contributed by atoms with van der Waals surface area (Å²) in [5, 5.41) is 2.85. The molecule has 2 rings (SSSR count). The molecule has 1 N–H and O–H groups in total. The van der Waals surface area contributed by atoms with Gasteiger partial charge in [0.15, 0.2) is 0 Å². The number of amides is 3. The Morgan fingerprint density at radius 2 is 1.83 bits per heavy atom. The number of piperazine rings is 1. The highest BCUT2D eigenvalue weighted by molar-refractivity contribution is 5.81. The SMILES string of the molecule is COC(=O)CCCCNC(=O)N1CCN(C(=O)C2CCCO2)CC1. The van der Waals surface area contributed by atoms with Gasteiger partial charge in [-0.15, -0.1) is 0 Å². The molecule has 0 aromatic heterocycles. The lowest BCUT2D eigenvalue weighted by atomic mass is 10.2. The first kappa shape index (κ1) is 18.5. The lowest BCUT2D eigenvalue weighted by Crippen LogP contribution is -2.54. The van der Waals surface area contributed by atoms with Crippen molar-refractivity contribution in [2.24, 2.45) is 0 Å². The number of hydrogen-bond acceptors (Lipinski definition) is 5. The number of nitrogens with one attached hydrogen (secondary N) is 1. The van der Waals surface area contributed by atoms with Crippen molar-refractivity contribution in [1.29, 1.82) is 0 Å². The normalized spacial score (nSPS) is 20.8. The second-order valence-electron chi connectivity index (χ2n) is 6.08. The molecule has 8 nitrogen and oxygen atoms in total. The van der Waals surface area contributed by atoms with E-state index in [1.807, 2.05) is 0 Å². The molecule has 24 heavy (non-hydrogen) atoms. The highest BCUT2D eigenvalue weighted by Gasteiger charge is 2.31. The van der Waals surface area contributed by atoms with Crippen LogP contribution in [0.4, 0.5) is 4.79 Å². The van der Waals surface area contributed by atoms with Crippen molar-refractivity contribution in [2.45, 2.75) is 38.2 Å². The van der Waals surface area contributed by atoms with Gasteiger partial charge in [-0.2, -0.15) is 0 Å². The maximum absolute atomic E-state index is 12.2. The third kappa shape index (κ3) is 5.36. The molecular formula is C16H27N3O5. The molecule has 0 saturated carbocycles. The number of carbonyl (C=O) groups excluding carboxylic acids is 3. The summed E-state index contributed by atoms with van der Waals surface area (Å²) in [5.74, 6) is -0.177. The summed E-state index contributed by atoms with van der Waals surface area (Å²) >= 11 is 0. The molecule has 2 aliphatic heterocycles. The average molecular weight is 341 g/mol. The van der Waals surface area contributed by atoms with E-state index in [2.05, 4.69) is 10.1 Å². The maximum atomic E-state index is 12.2. The van der Waals surface area contributed by atoms with E-state index in [9.17, 15) is 14.4 Å². The number of rotatable bonds is 6. The predicted molar refractivity (Wildman–Crippen MR) is 86.4 cm³/mol. The van der Waals surface area contributed by atoms with E-state index in [0.717, 1.165) is 19.3 Å². The summed E-state index contributed by atoms with van der Waals surface area (Å²) in [6, 6.07) is -0.114. The van der Waals surface area contributed by atoms with Gasteiger partial charge in [0.05, 0.1) is 7.11 Å². The zero-order valence-corrected chi connectivity index (χ0v) is 14.3. The van der Waals surface area contributed by atoms with Crippen molar-refractivity contribution in [1.82, 2.24) is 15.1 Å². The molecule has 136 valence electrons. The lowest BCUT2D eigenvalue weighted by molar-refractivity contribution is -0.142. The smallest absolute Gasteiger partial charge is 0.317 e. The van der Waals surface area contributed by atoms with Crippen molar-refractivity contribution in [2.75, 3.05) is 46.4 Å². The average Bonchev–Trinajstić information content (AvgIpc) is 3.15. The molecule has 2 fully saturated rings. The van der Waals surface area contributed by atoms with E-state index in [1.54, 1.807) is 9.80 Å². The van der Waals surface area contributed by atoms with Crippen LogP contribution in [-0.4, -0.2) is 80.3 Å². The first-order valence-electron chi connectivity index (χ1n) is 8.62. The number of unbranched alkanes of at least 4 members (excludes halogenated alkanes) is 1. The molecule has 2 saturated heterocycles. The van der Waals surface area contributed by atoms with Crippen LogP contribution in [0, 0.1) is 0 Å². The zero-order chi connectivity index (χ0) is 17.4. The molecule has 2 heterocycles. The molecule has 0 aromatic carbocycles. The Morgan fingerprint density at radius 3 is 2.46 bits per heavy atom. The lowest BCUT2D eigenvalue weighted by Gasteiger charge is -2.35. The number of methoxy groups -OCH3 is 1. The number of ether oxygens (including phenoxy) is 2. The molecule has 1 atom stereocenters. The van der Waals surface area contributed by atoms with Gasteiger partial charge in [-0.25, -0.2) is 4.79 Å². The Hall–Kier alpha value is -1.83. The van der Waals surface area contributed by atoms with E-state index in [-0.39, 0.29) is 24.0 Å². The largest absolute Gasteiger partial charge is 0.469 e. The van der Waals surface area contributed by atoms with Gasteiger partial charge in [-0.05, 0) is 25.7 Å². The highest BCUT2D eigenvalue weighted by atomic mass is 16.5. The van der Waals surface area contributed by atoms with Crippen molar-refractivity contribution in [3.05, 3.63) is 0 Å². The Labute approximate surface area is 142 Å². The number of urea groups is 1. The molecule has 0 radical (unpaired) electrons. The molecule has 2 aliphatic rings. The summed E-state index contributed by atoms with van der Waals surface area (Å²) in [6.45, 7) is 3.36. The van der Waals surface area contributed by atoms with Gasteiger partial charge in [0.1, 0.15) is 6.10 Å². The molecule has 8 heteroatoms. The molecule has 1 unspecified atom stereocenters. The Balaban J connectivity index is 1.60. The van der Waals surface area contributed by atoms with E-state index < -0.39 is 0 Å². The van der Waals surface area contributed by atoms with Crippen LogP contribution in [-0.2, 0) is 19.1 Å². The molecule has 0 bridgehead atoms. The standard InChI is InChI=1S/C16H27N3O5/c1-23-14(20)6-2-3-7-17-16(22)19-10-8-18(9-11-19)15(21)13-5-4-12-24-13/h13H,2-12H2,1H3,(H,17,22). The first-order chi connectivity index (χ1) is 11.6. The van der Waals surface area contributed by atoms with Crippen LogP contribution in [0.5, 0.6) is 0 Å². The Kier molecular flexibility index (Phi) is 7.30. The van der Waals surface area contributed by atoms with Gasteiger partial charge >= 0.3 is 12.0 Å². The van der Waals surface area contributed by atoms with Crippen LogP contribution in [0.25, 0.3) is 0 Å². The van der Waals surface area contributed by atoms with E-state index in [4.69, 9.17) is 4.74 Å². The van der Waals surface area contributed by atoms with Crippen LogP contribution < -0.4 is 5.32 Å². The van der Waals surface area contributed by atoms with Gasteiger partial charge < -0.3 is 24.6 Å². The molecule has 3 amide bonds. The number of esters is 1. The van der Waals surface area contributed by atoms with E-state index >= 15 is 0 Å². The fraction of sp³-hybridized carbons (Fsp3) is 0.812. The number of carbonyl (C=O) groups is 3. The first-order valence-corrected chi connectivity index (χ1v) is 8.62. The topological polar surface area (TPSA) is 88.2 Å². The number of hydrogen-bond donors (Lipinski definition) is 1. The van der Waals surface area contributed by atoms with Crippen LogP contribution in [0.15, 0.2) is 0 Å². The van der Waals surface area contributed by atoms with E-state index in [1.165, 1.54) is 7.11 Å². The quantitative estimate of drug-likeness (QED) is 0.557. The van der Waals surface area contributed by atoms with Crippen LogP contribution in [0.2, 0.25) is 0 Å². The molecule has 0 aromatic rings. The third-order valence-electron chi connectivity index (χ3n) is 4.40. The molecular weight excluding hydrogens is 314 g/mol. The van der Waals surface area contributed by atoms with Gasteiger partial charge in [0.2, 0.25) is 0 Å². The summed E-state index contributed by atoms with van der Waals surface area (Å²) in [4.78, 5) is 38.8. The van der Waals surface area contributed by atoms with Crippen molar-refractivity contribution >= 4 is 17.9 Å². The summed E-state index contributed by atoms with van der Waals surface area (Å²) < 4.78 is 9.99. The van der Waals surface area contributed by atoms with Crippen molar-refractivity contribution < 1.29 is 23.9 Å². The summed E-state index contributed by atoms with van der Waals surface area (Å²) in [5.41, 5.74) is 0. The zero-order valence-electron chi connectivity index (χ0n) is 14.3. The Morgan fingerprint density at radius 1 is 1.12 bits per heavy atom. The predicted octanol–water partition coefficient (Wildman–Crippen LogP) is 0.363. The van der Waals surface area contributed by atoms with Crippen molar-refractivity contribution in [3.63, 3.8) is 0 Å². The maximum Gasteiger partial charge on any atom is 0.317 e. The minimum Gasteiger partial charge on any atom is -0.469 e. The van der Waals surface area contributed by atoms with Crippen LogP contribution in [0.3, 0.4) is 0 Å². The van der Waals surface area contributed by atoms with Gasteiger partial charge in [0.25, 0.3) is 5.91 Å². The summed E-state index contributed by atoms with van der Waals surface area (Å²) in [7, 11) is 1.37. The minimum atomic E-state index is -0.291. The molecule has 0 aliphatic carbocycles. The highest BCUT2D eigenvalue weighted by Crippen LogP contribution is 2.16. The minimum absolute atomic E-state index is 0.0513. The van der Waals surface area contributed by atoms with Gasteiger partial charge in [-0.3, -0.25) is 9.59 Å². The number of nitrogens with zero attached hydrogens (tertiary/aromatic N) is 2. The second kappa shape index (κ2) is 9.46. The van der Waals surface area contributed by atoms with Gasteiger partial charge in [0, 0.05) is 45.8 Å². The van der Waals surface area contributed by atoms with Crippen LogP contribution >= 0.6 is 0 Å². The second-order valence-corrected chi connectivity index (χ2v) is 6.08. The third-order valence-corrected chi connectivity index (χ3v) is 4.40. The fourth-order valence-corrected chi connectivity index (χ4v) is 2.91. The monoisotopic (exact) mass is 341 g/mol. The Bertz CT molecular complexity index is 443.